The standard InChI is InChI=1S/C44H49N13O6S2/c1-25-30(21-57(6)54-25)28-9-11-32-34(18-28)65-42(49-32)53-40(59)47-15-13-36-51-38(63-56-36)44(4,5)24-61-23-43(2,3)37-50-35(55-62-37)12-14-46-39(58)52-41-48-31-10-8-27(17-33(31)64-41)29-16-26(22-60-7)19-45-20-29/h8-11,16-21H,12-15,22-24H2,1-7H3,(H2,46,48,52,58)(H2,47,49,53,59). The lowest BCUT2D eigenvalue weighted by Crippen LogP contribution is -2.31. The maximum Gasteiger partial charge on any atom is 0.321 e. The largest absolute Gasteiger partial charge is 0.380 e. The Morgan fingerprint density at radius 2 is 1.29 bits per heavy atom. The number of carbonyl (C=O) groups excluding carboxylic acids is 2. The predicted molar refractivity (Wildman–Crippen MR) is 247 cm³/mol. The molecule has 0 fully saturated rings. The number of carbonyl (C=O) groups is 2. The quantitative estimate of drug-likeness (QED) is 0.0649. The second kappa shape index (κ2) is 19.2. The van der Waals surface area contributed by atoms with E-state index < -0.39 is 10.8 Å². The van der Waals surface area contributed by atoms with Crippen molar-refractivity contribution in [2.75, 3.05) is 44.0 Å². The van der Waals surface area contributed by atoms with Gasteiger partial charge in [-0.05, 0) is 81.6 Å². The number of aromatic nitrogens is 9. The van der Waals surface area contributed by atoms with Crippen LogP contribution in [0.4, 0.5) is 19.9 Å². The number of rotatable bonds is 18. The van der Waals surface area contributed by atoms with Gasteiger partial charge in [-0.25, -0.2) is 19.6 Å². The number of pyridine rings is 1. The summed E-state index contributed by atoms with van der Waals surface area (Å²) in [4.78, 5) is 48.0. The van der Waals surface area contributed by atoms with E-state index in [4.69, 9.17) is 18.5 Å². The van der Waals surface area contributed by atoms with Crippen LogP contribution in [0.3, 0.4) is 0 Å². The molecule has 0 aliphatic rings. The molecule has 0 bridgehead atoms. The van der Waals surface area contributed by atoms with E-state index in [1.54, 1.807) is 18.0 Å². The Labute approximate surface area is 381 Å². The van der Waals surface area contributed by atoms with Gasteiger partial charge >= 0.3 is 12.1 Å². The van der Waals surface area contributed by atoms with Crippen LogP contribution in [0.15, 0.2) is 70.1 Å². The highest BCUT2D eigenvalue weighted by molar-refractivity contribution is 7.22. The van der Waals surface area contributed by atoms with E-state index in [0.717, 1.165) is 53.9 Å². The molecule has 65 heavy (non-hydrogen) atoms. The van der Waals surface area contributed by atoms with Gasteiger partial charge in [-0.2, -0.15) is 15.1 Å². The van der Waals surface area contributed by atoms with Crippen LogP contribution >= 0.6 is 22.7 Å². The maximum atomic E-state index is 12.7. The van der Waals surface area contributed by atoms with Gasteiger partial charge in [-0.3, -0.25) is 20.3 Å². The van der Waals surface area contributed by atoms with Crippen LogP contribution in [0.5, 0.6) is 0 Å². The van der Waals surface area contributed by atoms with Gasteiger partial charge in [-0.1, -0.05) is 45.1 Å². The summed E-state index contributed by atoms with van der Waals surface area (Å²) >= 11 is 2.79. The number of hydrogen-bond acceptors (Lipinski definition) is 16. The average Bonchev–Trinajstić information content (AvgIpc) is 4.12. The van der Waals surface area contributed by atoms with E-state index in [2.05, 4.69) is 67.7 Å². The molecule has 21 heteroatoms. The first kappa shape index (κ1) is 44.9. The number of fused-ring (bicyclic) bond motifs is 2. The molecule has 0 aliphatic carbocycles. The fourth-order valence-electron chi connectivity index (χ4n) is 6.88. The van der Waals surface area contributed by atoms with Gasteiger partial charge in [0.25, 0.3) is 0 Å². The minimum atomic E-state index is -0.609. The molecule has 0 saturated heterocycles. The predicted octanol–water partition coefficient (Wildman–Crippen LogP) is 7.59. The van der Waals surface area contributed by atoms with Crippen molar-refractivity contribution in [3.8, 4) is 22.3 Å². The van der Waals surface area contributed by atoms with Crippen LogP contribution in [0.1, 0.15) is 62.4 Å². The number of benzene rings is 2. The highest BCUT2D eigenvalue weighted by atomic mass is 32.1. The van der Waals surface area contributed by atoms with Gasteiger partial charge in [0.1, 0.15) is 0 Å². The maximum absolute atomic E-state index is 12.7. The fourth-order valence-corrected chi connectivity index (χ4v) is 8.68. The van der Waals surface area contributed by atoms with E-state index >= 15 is 0 Å². The van der Waals surface area contributed by atoms with E-state index in [1.807, 2.05) is 90.5 Å². The van der Waals surface area contributed by atoms with Crippen LogP contribution in [0.25, 0.3) is 42.7 Å². The lowest BCUT2D eigenvalue weighted by Gasteiger charge is -2.24. The minimum Gasteiger partial charge on any atom is -0.380 e. The molecule has 8 rings (SSSR count). The second-order valence-electron chi connectivity index (χ2n) is 16.8. The zero-order valence-corrected chi connectivity index (χ0v) is 38.6. The summed E-state index contributed by atoms with van der Waals surface area (Å²) in [6, 6.07) is 13.2. The number of methoxy groups -OCH3 is 1. The van der Waals surface area contributed by atoms with Gasteiger partial charge in [-0.15, -0.1) is 0 Å². The number of hydrogen-bond donors (Lipinski definition) is 4. The van der Waals surface area contributed by atoms with Crippen LogP contribution in [-0.2, 0) is 46.8 Å². The van der Waals surface area contributed by atoms with Crippen molar-refractivity contribution < 1.29 is 28.1 Å². The van der Waals surface area contributed by atoms with Crippen molar-refractivity contribution >= 4 is 65.4 Å². The lowest BCUT2D eigenvalue weighted by atomic mass is 9.93. The number of urea groups is 2. The molecule has 4 N–H and O–H groups in total. The number of anilines is 2. The Kier molecular flexibility index (Phi) is 13.3. The minimum absolute atomic E-state index is 0.277. The zero-order valence-electron chi connectivity index (χ0n) is 37.0. The van der Waals surface area contributed by atoms with Crippen LogP contribution in [0.2, 0.25) is 0 Å². The molecule has 4 amide bonds. The second-order valence-corrected chi connectivity index (χ2v) is 18.8. The van der Waals surface area contributed by atoms with Crippen molar-refractivity contribution in [2.24, 2.45) is 7.05 Å². The summed E-state index contributed by atoms with van der Waals surface area (Å²) in [5.74, 6) is 1.74. The first-order valence-corrected chi connectivity index (χ1v) is 22.4. The van der Waals surface area contributed by atoms with Crippen molar-refractivity contribution in [1.82, 2.24) is 55.6 Å². The summed E-state index contributed by atoms with van der Waals surface area (Å²) < 4.78 is 26.3. The molecule has 0 atom stereocenters. The van der Waals surface area contributed by atoms with Gasteiger partial charge in [0.05, 0.1) is 56.8 Å². The molecular formula is C44H49N13O6S2. The van der Waals surface area contributed by atoms with Crippen molar-refractivity contribution in [3.05, 3.63) is 95.7 Å². The van der Waals surface area contributed by atoms with Crippen LogP contribution in [0, 0.1) is 6.92 Å². The first-order valence-electron chi connectivity index (χ1n) is 20.8. The third-order valence-corrected chi connectivity index (χ3v) is 12.1. The Bertz CT molecular complexity index is 2950. The molecule has 0 aliphatic heterocycles. The Morgan fingerprint density at radius 1 is 0.738 bits per heavy atom. The average molecular weight is 920 g/mol. The molecule has 2 aromatic carbocycles. The van der Waals surface area contributed by atoms with Gasteiger partial charge in [0, 0.05) is 69.8 Å². The summed E-state index contributed by atoms with van der Waals surface area (Å²) in [6.45, 7) is 11.4. The Morgan fingerprint density at radius 3 is 1.83 bits per heavy atom. The first-order chi connectivity index (χ1) is 31.2. The Balaban J connectivity index is 0.745. The molecule has 0 radical (unpaired) electrons. The molecule has 0 saturated carbocycles. The Hall–Kier alpha value is -6.68. The zero-order chi connectivity index (χ0) is 45.7. The van der Waals surface area contributed by atoms with Crippen molar-refractivity contribution in [2.45, 2.75) is 64.9 Å². The summed E-state index contributed by atoms with van der Waals surface area (Å²) in [5, 5.41) is 25.0. The molecule has 0 spiro atoms. The molecule has 6 heterocycles. The van der Waals surface area contributed by atoms with Gasteiger partial charge in [0.15, 0.2) is 21.9 Å². The third kappa shape index (κ3) is 11.0. The molecule has 8 aromatic rings. The summed E-state index contributed by atoms with van der Waals surface area (Å²) in [6.07, 6.45) is 6.30. The van der Waals surface area contributed by atoms with E-state index in [0.29, 0.717) is 53.1 Å². The molecule has 338 valence electrons. The van der Waals surface area contributed by atoms with Crippen LogP contribution < -0.4 is 21.3 Å². The SMILES string of the molecule is COCc1cncc(-c2ccc3nc(NC(=O)NCCc4noc(C(C)(C)COCC(C)(C)c5nc(CCNC(=O)Nc6nc7ccc(-c8cn(C)nc8C)cc7s6)no5)n4)sc3c2)c1. The molecule has 6 aromatic heterocycles. The van der Waals surface area contributed by atoms with E-state index in [1.165, 1.54) is 22.7 Å². The highest BCUT2D eigenvalue weighted by Crippen LogP contribution is 2.33. The van der Waals surface area contributed by atoms with Crippen molar-refractivity contribution in [3.63, 3.8) is 0 Å². The number of ether oxygens (including phenoxy) is 2. The van der Waals surface area contributed by atoms with E-state index in [-0.39, 0.29) is 38.4 Å². The summed E-state index contributed by atoms with van der Waals surface area (Å²) in [7, 11) is 3.55. The van der Waals surface area contributed by atoms with Gasteiger partial charge in [0.2, 0.25) is 11.8 Å². The number of nitrogens with zero attached hydrogens (tertiary/aromatic N) is 9. The number of thiazole rings is 2. The number of nitrogens with one attached hydrogen (secondary N) is 4. The highest BCUT2D eigenvalue weighted by Gasteiger charge is 2.32. The fraction of sp³-hybridized carbons (Fsp3) is 0.364. The van der Waals surface area contributed by atoms with Crippen molar-refractivity contribution in [1.29, 1.82) is 0 Å². The monoisotopic (exact) mass is 919 g/mol. The van der Waals surface area contributed by atoms with Crippen LogP contribution in [-0.4, -0.2) is 90.5 Å². The van der Waals surface area contributed by atoms with Gasteiger partial charge < -0.3 is 29.2 Å². The molecular weight excluding hydrogens is 871 g/mol. The molecule has 0 unspecified atom stereocenters. The number of aryl methyl sites for hydroxylation is 2. The third-order valence-electron chi connectivity index (χ3n) is 10.3. The van der Waals surface area contributed by atoms with E-state index in [9.17, 15) is 9.59 Å². The topological polar surface area (TPSA) is 235 Å². The number of amides is 4. The summed E-state index contributed by atoms with van der Waals surface area (Å²) in [5.41, 5.74) is 6.37. The normalized spacial score (nSPS) is 12.0. The smallest absolute Gasteiger partial charge is 0.321 e. The molecule has 19 nitrogen and oxygen atoms in total. The lowest BCUT2D eigenvalue weighted by molar-refractivity contribution is 0.0453.